The Balaban J connectivity index is 1.31. The lowest BCUT2D eigenvalue weighted by Gasteiger charge is -2.26. The van der Waals surface area contributed by atoms with Crippen molar-refractivity contribution in [2.24, 2.45) is 0 Å². The molecule has 0 saturated carbocycles. The fraction of sp³-hybridized carbons (Fsp3) is 0.261. The summed E-state index contributed by atoms with van der Waals surface area (Å²) in [7, 11) is 0. The number of amides is 1. The predicted octanol–water partition coefficient (Wildman–Crippen LogP) is 4.29. The molecule has 0 atom stereocenters. The number of rotatable bonds is 5. The number of hydrogen-bond donors (Lipinski definition) is 0. The zero-order chi connectivity index (χ0) is 19.3. The second-order valence-corrected chi connectivity index (χ2v) is 7.05. The van der Waals surface area contributed by atoms with E-state index in [1.54, 1.807) is 0 Å². The van der Waals surface area contributed by atoms with E-state index < -0.39 is 0 Å². The van der Waals surface area contributed by atoms with Crippen LogP contribution < -0.4 is 0 Å². The van der Waals surface area contributed by atoms with E-state index in [2.05, 4.69) is 47.5 Å². The van der Waals surface area contributed by atoms with Crippen LogP contribution in [0.15, 0.2) is 65.1 Å². The van der Waals surface area contributed by atoms with Crippen molar-refractivity contribution in [3.05, 3.63) is 77.7 Å². The van der Waals surface area contributed by atoms with Gasteiger partial charge in [0.1, 0.15) is 0 Å². The average Bonchev–Trinajstić information content (AvgIpc) is 3.22. The van der Waals surface area contributed by atoms with Gasteiger partial charge in [0.25, 0.3) is 0 Å². The molecular weight excluding hydrogens is 350 g/mol. The molecule has 4 rings (SSSR count). The van der Waals surface area contributed by atoms with Gasteiger partial charge >= 0.3 is 0 Å². The second kappa shape index (κ2) is 8.21. The quantitative estimate of drug-likeness (QED) is 0.669. The Bertz CT molecular complexity index is 975. The fourth-order valence-corrected chi connectivity index (χ4v) is 3.35. The summed E-state index contributed by atoms with van der Waals surface area (Å²) in [5, 5.41) is 8.14. The number of carbonyl (C=O) groups is 1. The van der Waals surface area contributed by atoms with Crippen molar-refractivity contribution < 1.29 is 9.21 Å². The Morgan fingerprint density at radius 1 is 1.04 bits per heavy atom. The first-order valence-electron chi connectivity index (χ1n) is 9.61. The normalized spacial score (nSPS) is 14.0. The molecule has 0 radical (unpaired) electrons. The van der Waals surface area contributed by atoms with Crippen LogP contribution >= 0.6 is 0 Å². The molecule has 0 fully saturated rings. The van der Waals surface area contributed by atoms with Crippen LogP contribution in [0.4, 0.5) is 0 Å². The number of aromatic nitrogens is 2. The highest BCUT2D eigenvalue weighted by Crippen LogP contribution is 2.23. The van der Waals surface area contributed by atoms with E-state index in [-0.39, 0.29) is 5.91 Å². The van der Waals surface area contributed by atoms with Crippen LogP contribution in [-0.2, 0) is 11.2 Å². The Kier molecular flexibility index (Phi) is 5.33. The molecule has 3 aromatic rings. The summed E-state index contributed by atoms with van der Waals surface area (Å²) >= 11 is 0. The largest absolute Gasteiger partial charge is 0.421 e. The summed E-state index contributed by atoms with van der Waals surface area (Å²) < 4.78 is 5.69. The average molecular weight is 373 g/mol. The van der Waals surface area contributed by atoms with Crippen molar-refractivity contribution in [1.29, 1.82) is 0 Å². The van der Waals surface area contributed by atoms with Gasteiger partial charge in [0, 0.05) is 31.5 Å². The van der Waals surface area contributed by atoms with Crippen LogP contribution in [0.2, 0.25) is 0 Å². The number of benzene rings is 2. The van der Waals surface area contributed by atoms with Crippen LogP contribution in [0.1, 0.15) is 29.9 Å². The van der Waals surface area contributed by atoms with E-state index in [9.17, 15) is 4.79 Å². The standard InChI is InChI=1S/C23H23N3O2/c1-17-7-9-18(10-8-17)19-13-15-26(16-14-19)22(27)12-11-21-24-25-23(28-21)20-5-3-2-4-6-20/h2-10,13H,11-12,14-16H2,1H3. The van der Waals surface area contributed by atoms with E-state index >= 15 is 0 Å². The third kappa shape index (κ3) is 4.19. The first kappa shape index (κ1) is 18.2. The third-order valence-corrected chi connectivity index (χ3v) is 5.02. The molecule has 5 heteroatoms. The molecule has 1 aliphatic heterocycles. The van der Waals surface area contributed by atoms with Crippen LogP contribution in [0.3, 0.4) is 0 Å². The smallest absolute Gasteiger partial charge is 0.247 e. The van der Waals surface area contributed by atoms with Crippen molar-refractivity contribution >= 4 is 11.5 Å². The fourth-order valence-electron chi connectivity index (χ4n) is 3.35. The Labute approximate surface area is 164 Å². The van der Waals surface area contributed by atoms with Crippen LogP contribution in [0.25, 0.3) is 17.0 Å². The van der Waals surface area contributed by atoms with Crippen molar-refractivity contribution in [2.75, 3.05) is 13.1 Å². The highest BCUT2D eigenvalue weighted by Gasteiger charge is 2.19. The highest BCUT2D eigenvalue weighted by atomic mass is 16.4. The summed E-state index contributed by atoms with van der Waals surface area (Å²) in [6, 6.07) is 18.2. The molecule has 1 amide bonds. The molecule has 0 N–H and O–H groups in total. The molecule has 1 aromatic heterocycles. The Hall–Kier alpha value is -3.21. The molecule has 28 heavy (non-hydrogen) atoms. The van der Waals surface area contributed by atoms with E-state index in [1.807, 2.05) is 35.2 Å². The summed E-state index contributed by atoms with van der Waals surface area (Å²) in [5.41, 5.74) is 4.70. The maximum absolute atomic E-state index is 12.5. The molecule has 0 saturated heterocycles. The van der Waals surface area contributed by atoms with E-state index in [4.69, 9.17) is 4.42 Å². The van der Waals surface area contributed by atoms with Gasteiger partial charge in [-0.25, -0.2) is 0 Å². The van der Waals surface area contributed by atoms with E-state index in [0.29, 0.717) is 31.2 Å². The summed E-state index contributed by atoms with van der Waals surface area (Å²) in [4.78, 5) is 14.4. The number of nitrogens with zero attached hydrogens (tertiary/aromatic N) is 3. The monoisotopic (exact) mass is 373 g/mol. The maximum Gasteiger partial charge on any atom is 0.247 e. The first-order chi connectivity index (χ1) is 13.7. The lowest BCUT2D eigenvalue weighted by atomic mass is 9.98. The van der Waals surface area contributed by atoms with Gasteiger partial charge < -0.3 is 9.32 Å². The van der Waals surface area contributed by atoms with Crippen molar-refractivity contribution in [1.82, 2.24) is 15.1 Å². The van der Waals surface area contributed by atoms with Gasteiger partial charge in [0.2, 0.25) is 17.7 Å². The number of carbonyl (C=O) groups excluding carboxylic acids is 1. The molecule has 5 nitrogen and oxygen atoms in total. The van der Waals surface area contributed by atoms with E-state index in [0.717, 1.165) is 18.5 Å². The zero-order valence-electron chi connectivity index (χ0n) is 16.0. The minimum atomic E-state index is 0.124. The molecule has 2 aromatic carbocycles. The first-order valence-corrected chi connectivity index (χ1v) is 9.61. The Morgan fingerprint density at radius 2 is 1.82 bits per heavy atom. The molecule has 142 valence electrons. The predicted molar refractivity (Wildman–Crippen MR) is 108 cm³/mol. The van der Waals surface area contributed by atoms with Gasteiger partial charge in [0.15, 0.2) is 0 Å². The van der Waals surface area contributed by atoms with Crippen LogP contribution in [0, 0.1) is 6.92 Å². The van der Waals surface area contributed by atoms with Crippen molar-refractivity contribution in [2.45, 2.75) is 26.2 Å². The number of hydrogen-bond acceptors (Lipinski definition) is 4. The summed E-state index contributed by atoms with van der Waals surface area (Å²) in [6.07, 6.45) is 3.88. The van der Waals surface area contributed by atoms with Gasteiger partial charge in [-0.15, -0.1) is 10.2 Å². The molecule has 0 aliphatic carbocycles. The van der Waals surface area contributed by atoms with Crippen LogP contribution in [-0.4, -0.2) is 34.1 Å². The minimum Gasteiger partial charge on any atom is -0.421 e. The van der Waals surface area contributed by atoms with Crippen molar-refractivity contribution in [3.8, 4) is 11.5 Å². The summed E-state index contributed by atoms with van der Waals surface area (Å²) in [5.74, 6) is 1.12. The molecule has 2 heterocycles. The van der Waals surface area contributed by atoms with E-state index in [1.165, 1.54) is 16.7 Å². The lowest BCUT2D eigenvalue weighted by Crippen LogP contribution is -2.34. The van der Waals surface area contributed by atoms with Gasteiger partial charge in [-0.1, -0.05) is 54.1 Å². The minimum absolute atomic E-state index is 0.124. The van der Waals surface area contributed by atoms with Gasteiger partial charge in [0.05, 0.1) is 0 Å². The second-order valence-electron chi connectivity index (χ2n) is 7.05. The molecule has 0 spiro atoms. The highest BCUT2D eigenvalue weighted by molar-refractivity contribution is 5.78. The SMILES string of the molecule is Cc1ccc(C2=CCN(C(=O)CCc3nnc(-c4ccccc4)o3)CC2)cc1. The Morgan fingerprint density at radius 3 is 2.54 bits per heavy atom. The molecule has 0 unspecified atom stereocenters. The zero-order valence-corrected chi connectivity index (χ0v) is 16.0. The lowest BCUT2D eigenvalue weighted by molar-refractivity contribution is -0.130. The summed E-state index contributed by atoms with van der Waals surface area (Å²) in [6.45, 7) is 3.49. The molecular formula is C23H23N3O2. The van der Waals surface area contributed by atoms with Gasteiger partial charge in [-0.3, -0.25) is 4.79 Å². The van der Waals surface area contributed by atoms with Gasteiger partial charge in [-0.2, -0.15) is 0 Å². The van der Waals surface area contributed by atoms with Crippen LogP contribution in [0.5, 0.6) is 0 Å². The number of aryl methyl sites for hydroxylation is 2. The molecule has 1 aliphatic rings. The van der Waals surface area contributed by atoms with Crippen molar-refractivity contribution in [3.63, 3.8) is 0 Å². The molecule has 0 bridgehead atoms. The topological polar surface area (TPSA) is 59.2 Å². The van der Waals surface area contributed by atoms with Gasteiger partial charge in [-0.05, 0) is 36.6 Å². The maximum atomic E-state index is 12.5. The third-order valence-electron chi connectivity index (χ3n) is 5.02.